The van der Waals surface area contributed by atoms with Crippen LogP contribution < -0.4 is 9.64 Å². The molecular formula is C41H26N4O. The van der Waals surface area contributed by atoms with Crippen molar-refractivity contribution in [1.82, 2.24) is 14.5 Å². The Kier molecular flexibility index (Phi) is 5.14. The first-order chi connectivity index (χ1) is 22.8. The van der Waals surface area contributed by atoms with E-state index < -0.39 is 5.41 Å². The lowest BCUT2D eigenvalue weighted by atomic mass is 9.61. The van der Waals surface area contributed by atoms with Crippen LogP contribution in [0.4, 0.5) is 17.1 Å². The third-order valence-electron chi connectivity index (χ3n) is 9.57. The normalized spacial score (nSPS) is 14.0. The minimum Gasteiger partial charge on any atom is -0.457 e. The van der Waals surface area contributed by atoms with Crippen molar-refractivity contribution < 1.29 is 4.74 Å². The van der Waals surface area contributed by atoms with Gasteiger partial charge in [0.25, 0.3) is 0 Å². The zero-order valence-electron chi connectivity index (χ0n) is 24.7. The fourth-order valence-corrected chi connectivity index (χ4v) is 7.82. The minimum atomic E-state index is -0.562. The summed E-state index contributed by atoms with van der Waals surface area (Å²) in [5.74, 6) is 1.77. The van der Waals surface area contributed by atoms with Gasteiger partial charge in [-0.05, 0) is 77.9 Å². The molecule has 0 unspecified atom stereocenters. The maximum absolute atomic E-state index is 6.55. The van der Waals surface area contributed by atoms with Crippen LogP contribution in [0.25, 0.3) is 27.6 Å². The standard InChI is InChI=1S/C41H26N4O/c1-5-16-34-30(12-1)41(32-14-3-7-19-38(32)46-39-20-8-4-15-33(39)41)31-13-2-6-17-35(31)44(34)27-21-22-29-37(25-27)45(28-11-9-23-42-26-28)36-18-10-24-43-40(29)36/h1-26H. The van der Waals surface area contributed by atoms with Crippen LogP contribution in [0, 0.1) is 0 Å². The molecule has 0 aliphatic carbocycles. The summed E-state index contributed by atoms with van der Waals surface area (Å²) < 4.78 is 8.82. The molecule has 3 aromatic heterocycles. The number of pyridine rings is 2. The van der Waals surface area contributed by atoms with Gasteiger partial charge in [0.15, 0.2) is 0 Å². The van der Waals surface area contributed by atoms with E-state index in [1.807, 2.05) is 30.7 Å². The molecule has 8 aromatic rings. The molecule has 0 N–H and O–H groups in total. The van der Waals surface area contributed by atoms with Gasteiger partial charge in [-0.15, -0.1) is 0 Å². The molecule has 0 saturated carbocycles. The summed E-state index contributed by atoms with van der Waals surface area (Å²) in [5, 5.41) is 1.10. The highest BCUT2D eigenvalue weighted by Gasteiger charge is 2.50. The highest BCUT2D eigenvalue weighted by atomic mass is 16.5. The molecule has 5 aromatic carbocycles. The van der Waals surface area contributed by atoms with E-state index in [2.05, 4.69) is 142 Å². The SMILES string of the molecule is c1cncc(-n2c3cc(N4c5ccccc5C5(c6ccccc6Oc6ccccc65)c5ccccc54)ccc3c3ncccc32)c1. The summed E-state index contributed by atoms with van der Waals surface area (Å²) in [5.41, 5.74) is 11.6. The first-order valence-corrected chi connectivity index (χ1v) is 15.5. The molecule has 0 saturated heterocycles. The number of aromatic nitrogens is 3. The number of nitrogens with zero attached hydrogens (tertiary/aromatic N) is 4. The number of rotatable bonds is 2. The van der Waals surface area contributed by atoms with E-state index in [1.54, 1.807) is 0 Å². The van der Waals surface area contributed by atoms with Crippen molar-refractivity contribution in [2.45, 2.75) is 5.41 Å². The van der Waals surface area contributed by atoms with Crippen molar-refractivity contribution in [2.24, 2.45) is 0 Å². The van der Waals surface area contributed by atoms with Crippen molar-refractivity contribution >= 4 is 39.0 Å². The zero-order valence-corrected chi connectivity index (χ0v) is 24.7. The summed E-state index contributed by atoms with van der Waals surface area (Å²) in [4.78, 5) is 11.7. The van der Waals surface area contributed by atoms with Gasteiger partial charge in [-0.2, -0.15) is 0 Å². The number of benzene rings is 5. The van der Waals surface area contributed by atoms with E-state index >= 15 is 0 Å². The molecule has 5 heteroatoms. The lowest BCUT2D eigenvalue weighted by Crippen LogP contribution is -2.39. The van der Waals surface area contributed by atoms with Crippen molar-refractivity contribution in [2.75, 3.05) is 4.90 Å². The van der Waals surface area contributed by atoms with Gasteiger partial charge in [0.2, 0.25) is 0 Å². The Morgan fingerprint density at radius 2 is 1.15 bits per heavy atom. The van der Waals surface area contributed by atoms with Gasteiger partial charge in [0.1, 0.15) is 11.5 Å². The summed E-state index contributed by atoms with van der Waals surface area (Å²) >= 11 is 0. The van der Waals surface area contributed by atoms with Gasteiger partial charge in [-0.1, -0.05) is 72.8 Å². The first kappa shape index (κ1) is 25.2. The van der Waals surface area contributed by atoms with Gasteiger partial charge in [0.05, 0.1) is 45.2 Å². The van der Waals surface area contributed by atoms with Crippen LogP contribution in [0.5, 0.6) is 11.5 Å². The van der Waals surface area contributed by atoms with Crippen molar-refractivity contribution in [1.29, 1.82) is 0 Å². The molecule has 2 aliphatic heterocycles. The number of hydrogen-bond acceptors (Lipinski definition) is 4. The second-order valence-electron chi connectivity index (χ2n) is 11.8. The third-order valence-corrected chi connectivity index (χ3v) is 9.57. The van der Waals surface area contributed by atoms with E-state index in [0.717, 1.165) is 67.3 Å². The maximum Gasteiger partial charge on any atom is 0.132 e. The van der Waals surface area contributed by atoms with E-state index in [1.165, 1.54) is 11.1 Å². The number of anilines is 3. The number of hydrogen-bond donors (Lipinski definition) is 0. The van der Waals surface area contributed by atoms with E-state index in [0.29, 0.717) is 0 Å². The molecule has 46 heavy (non-hydrogen) atoms. The van der Waals surface area contributed by atoms with Crippen molar-refractivity contribution in [3.63, 3.8) is 0 Å². The lowest BCUT2D eigenvalue weighted by Gasteiger charge is -2.48. The Morgan fingerprint density at radius 1 is 0.522 bits per heavy atom. The molecule has 0 atom stereocenters. The van der Waals surface area contributed by atoms with Crippen LogP contribution >= 0.6 is 0 Å². The topological polar surface area (TPSA) is 43.2 Å². The van der Waals surface area contributed by atoms with Crippen LogP contribution in [-0.2, 0) is 5.41 Å². The monoisotopic (exact) mass is 590 g/mol. The smallest absolute Gasteiger partial charge is 0.132 e. The van der Waals surface area contributed by atoms with Gasteiger partial charge in [-0.3, -0.25) is 9.97 Å². The molecule has 216 valence electrons. The molecular weight excluding hydrogens is 564 g/mol. The Balaban J connectivity index is 1.29. The Bertz CT molecular complexity index is 2390. The van der Waals surface area contributed by atoms with Gasteiger partial charge >= 0.3 is 0 Å². The van der Waals surface area contributed by atoms with Crippen LogP contribution in [0.2, 0.25) is 0 Å². The largest absolute Gasteiger partial charge is 0.457 e. The molecule has 0 bridgehead atoms. The predicted octanol–water partition coefficient (Wildman–Crippen LogP) is 9.85. The molecule has 5 nitrogen and oxygen atoms in total. The van der Waals surface area contributed by atoms with Gasteiger partial charge < -0.3 is 14.2 Å². The van der Waals surface area contributed by atoms with Crippen LogP contribution in [0.15, 0.2) is 158 Å². The second-order valence-corrected chi connectivity index (χ2v) is 11.8. The lowest BCUT2D eigenvalue weighted by molar-refractivity contribution is 0.434. The Hall–Kier alpha value is -6.20. The second kappa shape index (κ2) is 9.40. The molecule has 0 amide bonds. The first-order valence-electron chi connectivity index (χ1n) is 15.5. The van der Waals surface area contributed by atoms with Crippen LogP contribution in [0.3, 0.4) is 0 Å². The maximum atomic E-state index is 6.55. The van der Waals surface area contributed by atoms with E-state index in [4.69, 9.17) is 9.72 Å². The highest BCUT2D eigenvalue weighted by Crippen LogP contribution is 2.62. The van der Waals surface area contributed by atoms with Gasteiger partial charge in [-0.25, -0.2) is 0 Å². The average molecular weight is 591 g/mol. The van der Waals surface area contributed by atoms with E-state index in [9.17, 15) is 0 Å². The van der Waals surface area contributed by atoms with Crippen LogP contribution in [0.1, 0.15) is 22.3 Å². The quantitative estimate of drug-likeness (QED) is 0.201. The fourth-order valence-electron chi connectivity index (χ4n) is 7.82. The van der Waals surface area contributed by atoms with Crippen molar-refractivity contribution in [3.05, 3.63) is 180 Å². The number of para-hydroxylation sites is 4. The predicted molar refractivity (Wildman–Crippen MR) is 183 cm³/mol. The molecule has 0 fully saturated rings. The average Bonchev–Trinajstić information content (AvgIpc) is 3.45. The summed E-state index contributed by atoms with van der Waals surface area (Å²) in [6.45, 7) is 0. The third kappa shape index (κ3) is 3.23. The number of ether oxygens (including phenoxy) is 1. The Morgan fingerprint density at radius 3 is 1.83 bits per heavy atom. The minimum absolute atomic E-state index is 0.562. The van der Waals surface area contributed by atoms with Crippen LogP contribution in [-0.4, -0.2) is 14.5 Å². The van der Waals surface area contributed by atoms with E-state index in [-0.39, 0.29) is 0 Å². The number of fused-ring (bicyclic) bond motifs is 11. The molecule has 0 radical (unpaired) electrons. The fraction of sp³-hybridized carbons (Fsp3) is 0.0244. The zero-order chi connectivity index (χ0) is 30.2. The summed E-state index contributed by atoms with van der Waals surface area (Å²) in [6.07, 6.45) is 5.59. The summed E-state index contributed by atoms with van der Waals surface area (Å²) in [7, 11) is 0. The molecule has 2 aliphatic rings. The molecule has 5 heterocycles. The molecule has 1 spiro atoms. The summed E-state index contributed by atoms with van der Waals surface area (Å²) in [6, 6.07) is 49.5. The molecule has 10 rings (SSSR count). The Labute approximate surface area is 265 Å². The highest BCUT2D eigenvalue weighted by molar-refractivity contribution is 6.08. The van der Waals surface area contributed by atoms with Crippen molar-refractivity contribution in [3.8, 4) is 17.2 Å². The van der Waals surface area contributed by atoms with Gasteiger partial charge in [0, 0.05) is 34.6 Å².